The van der Waals surface area contributed by atoms with Crippen molar-refractivity contribution in [2.24, 2.45) is 0 Å². The van der Waals surface area contributed by atoms with Crippen molar-refractivity contribution in [1.82, 2.24) is 0 Å². The van der Waals surface area contributed by atoms with E-state index >= 15 is 0 Å². The minimum Gasteiger partial charge on any atom is -0.478 e. The van der Waals surface area contributed by atoms with Crippen LogP contribution in [0.15, 0.2) is 35.2 Å². The maximum Gasteiger partial charge on any atom is 0.338 e. The first kappa shape index (κ1) is 29.9. The fraction of sp³-hybridized carbons (Fsp3) is 0.0870. The van der Waals surface area contributed by atoms with Gasteiger partial charge in [0, 0.05) is 16.6 Å². The van der Waals surface area contributed by atoms with Crippen LogP contribution in [0.2, 0.25) is 20.1 Å². The quantitative estimate of drug-likeness (QED) is 0.107. The molecule has 3 aromatic rings. The third-order valence-electron chi connectivity index (χ3n) is 4.84. The van der Waals surface area contributed by atoms with Crippen LogP contribution >= 0.6 is 58.2 Å². The van der Waals surface area contributed by atoms with Crippen LogP contribution in [0.3, 0.4) is 0 Å². The van der Waals surface area contributed by atoms with Crippen LogP contribution in [-0.2, 0) is 4.79 Å². The van der Waals surface area contributed by atoms with E-state index in [9.17, 15) is 37.1 Å². The highest BCUT2D eigenvalue weighted by Gasteiger charge is 2.29. The number of anilines is 2. The first-order valence-electron chi connectivity index (χ1n) is 10.1. The lowest BCUT2D eigenvalue weighted by Gasteiger charge is -2.15. The van der Waals surface area contributed by atoms with Crippen LogP contribution in [0.25, 0.3) is 0 Å². The summed E-state index contributed by atoms with van der Waals surface area (Å²) in [4.78, 5) is 37.4. The van der Waals surface area contributed by atoms with Crippen molar-refractivity contribution >= 4 is 87.3 Å². The SMILES string of the molecule is CC(Sc1cccc(NC(=O)c2c(Cl)c(Cl)c(Cl)c(Cl)c2C(=O)O)c1)C(=O)Nc1c(F)c(F)cc(F)c1F. The van der Waals surface area contributed by atoms with E-state index in [0.717, 1.165) is 11.8 Å². The third-order valence-corrected chi connectivity index (χ3v) is 7.74. The lowest BCUT2D eigenvalue weighted by molar-refractivity contribution is -0.115. The normalized spacial score (nSPS) is 11.7. The Labute approximate surface area is 236 Å². The van der Waals surface area contributed by atoms with Crippen LogP contribution in [0.5, 0.6) is 0 Å². The van der Waals surface area contributed by atoms with Crippen molar-refractivity contribution in [3.8, 4) is 0 Å². The minimum atomic E-state index is -1.76. The zero-order chi connectivity index (χ0) is 28.5. The fourth-order valence-corrected chi connectivity index (χ4v) is 5.00. The van der Waals surface area contributed by atoms with E-state index < -0.39 is 73.2 Å². The van der Waals surface area contributed by atoms with Crippen molar-refractivity contribution in [3.63, 3.8) is 0 Å². The molecule has 0 heterocycles. The Morgan fingerprint density at radius 3 is 1.95 bits per heavy atom. The third kappa shape index (κ3) is 6.13. The Morgan fingerprint density at radius 1 is 0.842 bits per heavy atom. The van der Waals surface area contributed by atoms with Crippen LogP contribution in [0.1, 0.15) is 27.6 Å². The Bertz CT molecular complexity index is 1470. The number of thioether (sulfide) groups is 1. The summed E-state index contributed by atoms with van der Waals surface area (Å²) in [6, 6.07) is 5.84. The summed E-state index contributed by atoms with van der Waals surface area (Å²) in [5.41, 5.74) is -2.36. The van der Waals surface area contributed by atoms with Gasteiger partial charge in [0.05, 0.1) is 36.5 Å². The molecule has 0 aliphatic carbocycles. The van der Waals surface area contributed by atoms with Crippen LogP contribution in [0.4, 0.5) is 28.9 Å². The minimum absolute atomic E-state index is 0.0107. The van der Waals surface area contributed by atoms with Gasteiger partial charge in [0.25, 0.3) is 5.91 Å². The van der Waals surface area contributed by atoms with Crippen molar-refractivity contribution in [2.45, 2.75) is 17.1 Å². The van der Waals surface area contributed by atoms with Gasteiger partial charge in [-0.15, -0.1) is 11.8 Å². The molecular formula is C23H12Cl4F4N2O4S. The molecule has 38 heavy (non-hydrogen) atoms. The molecule has 0 saturated heterocycles. The van der Waals surface area contributed by atoms with E-state index in [0.29, 0.717) is 4.90 Å². The number of hydrogen-bond donors (Lipinski definition) is 3. The summed E-state index contributed by atoms with van der Waals surface area (Å²) < 4.78 is 54.6. The number of aromatic carboxylic acids is 1. The zero-order valence-corrected chi connectivity index (χ0v) is 22.4. The molecule has 0 aromatic heterocycles. The Kier molecular flexibility index (Phi) is 9.43. The number of nitrogens with one attached hydrogen (secondary N) is 2. The van der Waals surface area contributed by atoms with Gasteiger partial charge in [0.1, 0.15) is 5.69 Å². The van der Waals surface area contributed by atoms with Gasteiger partial charge in [-0.3, -0.25) is 9.59 Å². The van der Waals surface area contributed by atoms with Gasteiger partial charge in [-0.05, 0) is 25.1 Å². The van der Waals surface area contributed by atoms with E-state index in [1.54, 1.807) is 0 Å². The van der Waals surface area contributed by atoms with E-state index in [4.69, 9.17) is 46.4 Å². The summed E-state index contributed by atoms with van der Waals surface area (Å²) in [6.07, 6.45) is 0. The number of rotatable bonds is 7. The maximum atomic E-state index is 13.9. The molecule has 3 rings (SSSR count). The Hall–Kier alpha value is -2.70. The highest BCUT2D eigenvalue weighted by Crippen LogP contribution is 2.42. The molecule has 0 aliphatic heterocycles. The molecule has 6 nitrogen and oxygen atoms in total. The van der Waals surface area contributed by atoms with Gasteiger partial charge < -0.3 is 15.7 Å². The second-order valence-corrected chi connectivity index (χ2v) is 10.3. The molecule has 0 aliphatic rings. The first-order chi connectivity index (χ1) is 17.7. The van der Waals surface area contributed by atoms with Crippen molar-refractivity contribution in [2.75, 3.05) is 10.6 Å². The molecule has 1 atom stereocenters. The summed E-state index contributed by atoms with van der Waals surface area (Å²) in [5.74, 6) is -10.4. The number of hydrogen-bond acceptors (Lipinski definition) is 4. The van der Waals surface area contributed by atoms with Crippen molar-refractivity contribution in [1.29, 1.82) is 0 Å². The average Bonchev–Trinajstić information content (AvgIpc) is 2.85. The number of carbonyl (C=O) groups excluding carboxylic acids is 2. The number of benzene rings is 3. The number of halogens is 8. The highest BCUT2D eigenvalue weighted by atomic mass is 35.5. The number of carbonyl (C=O) groups is 3. The van der Waals surface area contributed by atoms with Gasteiger partial charge in [0.2, 0.25) is 5.91 Å². The molecule has 0 spiro atoms. The number of amides is 2. The molecule has 0 radical (unpaired) electrons. The lowest BCUT2D eigenvalue weighted by atomic mass is 10.1. The molecule has 3 N–H and O–H groups in total. The Morgan fingerprint density at radius 2 is 1.39 bits per heavy atom. The Balaban J connectivity index is 1.81. The standard InChI is InChI=1S/C23H12Cl4F4N2O4S/c1-7(21(34)33-20-18(30)10(28)6-11(29)19(20)31)38-9-4-2-3-8(5-9)32-22(35)12-13(23(36)37)15(25)17(27)16(26)14(12)24/h2-7H,1H3,(H,32,35)(H,33,34)(H,36,37). The van der Waals surface area contributed by atoms with Gasteiger partial charge in [-0.1, -0.05) is 52.5 Å². The smallest absolute Gasteiger partial charge is 0.338 e. The van der Waals surface area contributed by atoms with E-state index in [-0.39, 0.29) is 21.8 Å². The van der Waals surface area contributed by atoms with Gasteiger partial charge >= 0.3 is 5.97 Å². The van der Waals surface area contributed by atoms with Crippen molar-refractivity contribution in [3.05, 3.63) is 84.8 Å². The average molecular weight is 630 g/mol. The molecule has 3 aromatic carbocycles. The van der Waals surface area contributed by atoms with Crippen LogP contribution in [0, 0.1) is 23.3 Å². The molecule has 0 fully saturated rings. The van der Waals surface area contributed by atoms with E-state index in [1.165, 1.54) is 31.2 Å². The fourth-order valence-electron chi connectivity index (χ4n) is 3.05. The van der Waals surface area contributed by atoms with Gasteiger partial charge in [0.15, 0.2) is 23.3 Å². The molecule has 0 saturated carbocycles. The maximum absolute atomic E-state index is 13.9. The summed E-state index contributed by atoms with van der Waals surface area (Å²) >= 11 is 24.8. The topological polar surface area (TPSA) is 95.5 Å². The van der Waals surface area contributed by atoms with Crippen LogP contribution < -0.4 is 10.6 Å². The second-order valence-electron chi connectivity index (χ2n) is 7.39. The van der Waals surface area contributed by atoms with E-state index in [1.807, 2.05) is 5.32 Å². The first-order valence-corrected chi connectivity index (χ1v) is 12.4. The molecular weight excluding hydrogens is 618 g/mol. The summed E-state index contributed by atoms with van der Waals surface area (Å²) in [5, 5.41) is 11.1. The van der Waals surface area contributed by atoms with Gasteiger partial charge in [-0.2, -0.15) is 0 Å². The number of carboxylic acids is 1. The summed E-state index contributed by atoms with van der Waals surface area (Å²) in [6.45, 7) is 1.35. The largest absolute Gasteiger partial charge is 0.478 e. The molecule has 15 heteroatoms. The predicted molar refractivity (Wildman–Crippen MR) is 138 cm³/mol. The van der Waals surface area contributed by atoms with E-state index in [2.05, 4.69) is 5.32 Å². The molecule has 200 valence electrons. The highest BCUT2D eigenvalue weighted by molar-refractivity contribution is 8.00. The molecule has 1 unspecified atom stereocenters. The monoisotopic (exact) mass is 628 g/mol. The lowest BCUT2D eigenvalue weighted by Crippen LogP contribution is -2.24. The van der Waals surface area contributed by atoms with Gasteiger partial charge in [-0.25, -0.2) is 22.4 Å². The zero-order valence-electron chi connectivity index (χ0n) is 18.6. The second kappa shape index (κ2) is 12.0. The summed E-state index contributed by atoms with van der Waals surface area (Å²) in [7, 11) is 0. The van der Waals surface area contributed by atoms with Crippen LogP contribution in [-0.4, -0.2) is 28.1 Å². The molecule has 2 amide bonds. The molecule has 0 bridgehead atoms. The number of carboxylic acid groups (broad SMARTS) is 1. The predicted octanol–water partition coefficient (Wildman–Crippen LogP) is 7.93. The van der Waals surface area contributed by atoms with Crippen molar-refractivity contribution < 1.29 is 37.1 Å².